The molecule has 0 atom stereocenters. The smallest absolute Gasteiger partial charge is 0.191 e. The molecule has 3 N–H and O–H groups in total. The minimum absolute atomic E-state index is 0. The number of hydrogen-bond acceptors (Lipinski definition) is 3. The van der Waals surface area contributed by atoms with Gasteiger partial charge in [-0.05, 0) is 56.2 Å². The lowest BCUT2D eigenvalue weighted by molar-refractivity contribution is 0.169. The van der Waals surface area contributed by atoms with Crippen LogP contribution in [-0.2, 0) is 6.54 Å². The number of aliphatic imine (C=N–C) groups is 1. The van der Waals surface area contributed by atoms with Crippen LogP contribution >= 0.6 is 24.0 Å². The largest absolute Gasteiger partial charge is 0.491 e. The van der Waals surface area contributed by atoms with E-state index < -0.39 is 0 Å². The summed E-state index contributed by atoms with van der Waals surface area (Å²) in [5.74, 6) is 0.604. The van der Waals surface area contributed by atoms with Gasteiger partial charge in [0.25, 0.3) is 0 Å². The molecule has 0 amide bonds. The van der Waals surface area contributed by atoms with Crippen LogP contribution < -0.4 is 15.4 Å². The lowest BCUT2D eigenvalue weighted by Crippen LogP contribution is -2.43. The van der Waals surface area contributed by atoms with Gasteiger partial charge in [0.1, 0.15) is 0 Å². The molecule has 0 saturated carbocycles. The maximum Gasteiger partial charge on any atom is 0.191 e. The molecule has 7 heteroatoms. The summed E-state index contributed by atoms with van der Waals surface area (Å²) in [6, 6.07) is 4.94. The average Bonchev–Trinajstić information content (AvgIpc) is 2.65. The minimum atomic E-state index is -0.364. The van der Waals surface area contributed by atoms with Crippen molar-refractivity contribution in [2.24, 2.45) is 10.4 Å². The summed E-state index contributed by atoms with van der Waals surface area (Å²) in [5, 5.41) is 15.9. The molecule has 1 aromatic rings. The Morgan fingerprint density at radius 1 is 1.19 bits per heavy atom. The fraction of sp³-hybridized carbons (Fsp3) is 0.650. The van der Waals surface area contributed by atoms with Gasteiger partial charge in [0.15, 0.2) is 17.5 Å². The van der Waals surface area contributed by atoms with Gasteiger partial charge in [-0.25, -0.2) is 9.38 Å². The Labute approximate surface area is 180 Å². The zero-order valence-electron chi connectivity index (χ0n) is 17.0. The Morgan fingerprint density at radius 2 is 1.89 bits per heavy atom. The second-order valence-corrected chi connectivity index (χ2v) is 6.43. The van der Waals surface area contributed by atoms with E-state index in [1.807, 2.05) is 19.9 Å². The molecular formula is C20H35FIN3O2. The molecule has 0 aromatic heterocycles. The molecule has 0 heterocycles. The third kappa shape index (κ3) is 8.64. The number of hydrogen-bond donors (Lipinski definition) is 3. The van der Waals surface area contributed by atoms with E-state index in [0.717, 1.165) is 37.9 Å². The van der Waals surface area contributed by atoms with Gasteiger partial charge in [-0.3, -0.25) is 0 Å². The highest BCUT2D eigenvalue weighted by atomic mass is 127. The molecule has 0 aliphatic heterocycles. The van der Waals surface area contributed by atoms with E-state index in [9.17, 15) is 9.50 Å². The van der Waals surface area contributed by atoms with Gasteiger partial charge in [-0.1, -0.05) is 19.9 Å². The maximum atomic E-state index is 14.0. The first-order chi connectivity index (χ1) is 12.5. The Morgan fingerprint density at radius 3 is 2.41 bits per heavy atom. The predicted molar refractivity (Wildman–Crippen MR) is 121 cm³/mol. The molecule has 0 fully saturated rings. The summed E-state index contributed by atoms with van der Waals surface area (Å²) in [7, 11) is 0. The molecule has 0 aliphatic rings. The topological polar surface area (TPSA) is 65.9 Å². The van der Waals surface area contributed by atoms with Crippen molar-refractivity contribution in [3.05, 3.63) is 29.6 Å². The normalized spacial score (nSPS) is 11.7. The van der Waals surface area contributed by atoms with Crippen LogP contribution in [0.3, 0.4) is 0 Å². The van der Waals surface area contributed by atoms with Gasteiger partial charge >= 0.3 is 0 Å². The zero-order chi connectivity index (χ0) is 19.4. The van der Waals surface area contributed by atoms with Crippen molar-refractivity contribution in [3.8, 4) is 5.75 Å². The Balaban J connectivity index is 0.00000676. The molecule has 0 unspecified atom stereocenters. The number of nitrogens with one attached hydrogen (secondary N) is 2. The van der Waals surface area contributed by atoms with Gasteiger partial charge in [0.05, 0.1) is 13.2 Å². The molecule has 0 bridgehead atoms. The summed E-state index contributed by atoms with van der Waals surface area (Å²) >= 11 is 0. The molecule has 27 heavy (non-hydrogen) atoms. The number of guanidine groups is 1. The van der Waals surface area contributed by atoms with Crippen LogP contribution in [0.5, 0.6) is 5.75 Å². The molecular weight excluding hydrogens is 460 g/mol. The summed E-state index contributed by atoms with van der Waals surface area (Å²) in [4.78, 5) is 4.56. The van der Waals surface area contributed by atoms with E-state index in [1.165, 1.54) is 6.07 Å². The van der Waals surface area contributed by atoms with Gasteiger partial charge in [0.2, 0.25) is 0 Å². The first-order valence-electron chi connectivity index (χ1n) is 9.58. The van der Waals surface area contributed by atoms with Crippen LogP contribution in [-0.4, -0.2) is 37.4 Å². The number of halogens is 2. The molecule has 1 rings (SSSR count). The number of aliphatic hydroxyl groups is 1. The van der Waals surface area contributed by atoms with E-state index >= 15 is 0 Å². The molecule has 1 aromatic carbocycles. The monoisotopic (exact) mass is 495 g/mol. The van der Waals surface area contributed by atoms with Gasteiger partial charge in [0, 0.05) is 19.7 Å². The number of nitrogens with zero attached hydrogens (tertiary/aromatic N) is 1. The van der Waals surface area contributed by atoms with Crippen molar-refractivity contribution in [1.29, 1.82) is 0 Å². The molecule has 0 saturated heterocycles. The van der Waals surface area contributed by atoms with Crippen LogP contribution in [0, 0.1) is 11.2 Å². The predicted octanol–water partition coefficient (Wildman–Crippen LogP) is 4.09. The Bertz CT molecular complexity index is 566. The highest BCUT2D eigenvalue weighted by molar-refractivity contribution is 14.0. The fourth-order valence-electron chi connectivity index (χ4n) is 2.88. The average molecular weight is 495 g/mol. The highest BCUT2D eigenvalue weighted by Gasteiger charge is 2.25. The van der Waals surface area contributed by atoms with E-state index in [2.05, 4.69) is 29.5 Å². The van der Waals surface area contributed by atoms with Crippen LogP contribution in [0.15, 0.2) is 23.2 Å². The first-order valence-corrected chi connectivity index (χ1v) is 9.58. The second kappa shape index (κ2) is 14.0. The third-order valence-corrected chi connectivity index (χ3v) is 4.83. The van der Waals surface area contributed by atoms with Crippen molar-refractivity contribution in [3.63, 3.8) is 0 Å². The number of rotatable bonds is 11. The molecule has 5 nitrogen and oxygen atoms in total. The second-order valence-electron chi connectivity index (χ2n) is 6.43. The summed E-state index contributed by atoms with van der Waals surface area (Å²) < 4.78 is 19.2. The standard InChI is InChI=1S/C20H34FN3O2.HI/c1-5-20(6-2,11-12-25)15-24-19(22-7-3)23-14-16-9-10-18(26-8-4)17(21)13-16;/h9-10,13,25H,5-8,11-12,14-15H2,1-4H3,(H2,22,23,24);1H. The number of ether oxygens (including phenoxy) is 1. The van der Waals surface area contributed by atoms with Crippen LogP contribution in [0.2, 0.25) is 0 Å². The highest BCUT2D eigenvalue weighted by Crippen LogP contribution is 2.29. The van der Waals surface area contributed by atoms with E-state index in [1.54, 1.807) is 6.07 Å². The quantitative estimate of drug-likeness (QED) is 0.246. The molecule has 0 aliphatic carbocycles. The Kier molecular flexibility index (Phi) is 13.4. The summed E-state index contributed by atoms with van der Waals surface area (Å²) in [6.07, 6.45) is 2.73. The van der Waals surface area contributed by atoms with Crippen LogP contribution in [0.1, 0.15) is 52.5 Å². The minimum Gasteiger partial charge on any atom is -0.491 e. The third-order valence-electron chi connectivity index (χ3n) is 4.83. The van der Waals surface area contributed by atoms with Crippen molar-refractivity contribution in [2.75, 3.05) is 26.3 Å². The van der Waals surface area contributed by atoms with Gasteiger partial charge in [-0.15, -0.1) is 24.0 Å². The van der Waals surface area contributed by atoms with Crippen molar-refractivity contribution >= 4 is 29.9 Å². The molecule has 0 radical (unpaired) electrons. The Hall–Kier alpha value is -1.09. The number of aliphatic hydroxyl groups excluding tert-OH is 1. The van der Waals surface area contributed by atoms with Crippen molar-refractivity contribution < 1.29 is 14.2 Å². The maximum absolute atomic E-state index is 14.0. The van der Waals surface area contributed by atoms with Gasteiger partial charge < -0.3 is 20.5 Å². The fourth-order valence-corrected chi connectivity index (χ4v) is 2.88. The van der Waals surface area contributed by atoms with Crippen molar-refractivity contribution in [1.82, 2.24) is 10.6 Å². The zero-order valence-corrected chi connectivity index (χ0v) is 19.3. The SMILES string of the molecule is CCNC(=NCc1ccc(OCC)c(F)c1)NCC(CC)(CC)CCO.I. The summed E-state index contributed by atoms with van der Waals surface area (Å²) in [5.41, 5.74) is 0.840. The van der Waals surface area contributed by atoms with E-state index in [-0.39, 0.29) is 47.6 Å². The lowest BCUT2D eigenvalue weighted by Gasteiger charge is -2.32. The number of benzene rings is 1. The first kappa shape index (κ1) is 25.9. The summed E-state index contributed by atoms with van der Waals surface area (Å²) in [6.45, 7) is 10.6. The molecule has 0 spiro atoms. The van der Waals surface area contributed by atoms with Gasteiger partial charge in [-0.2, -0.15) is 0 Å². The van der Waals surface area contributed by atoms with E-state index in [0.29, 0.717) is 19.1 Å². The van der Waals surface area contributed by atoms with E-state index in [4.69, 9.17) is 4.74 Å². The lowest BCUT2D eigenvalue weighted by atomic mass is 9.79. The molecule has 156 valence electrons. The van der Waals surface area contributed by atoms with Crippen LogP contribution in [0.25, 0.3) is 0 Å². The van der Waals surface area contributed by atoms with Crippen LogP contribution in [0.4, 0.5) is 4.39 Å². The van der Waals surface area contributed by atoms with Crippen molar-refractivity contribution in [2.45, 2.75) is 53.5 Å².